The number of aliphatic hydroxyl groups is 2. The number of methoxy groups -OCH3 is 1. The number of aliphatic hydroxyl groups excluding tert-OH is 2. The number of benzene rings is 3. The van der Waals surface area contributed by atoms with Gasteiger partial charge in [0, 0.05) is 34.1 Å². The van der Waals surface area contributed by atoms with Crippen molar-refractivity contribution in [2.24, 2.45) is 5.73 Å². The first kappa shape index (κ1) is 26.5. The highest BCUT2D eigenvalue weighted by molar-refractivity contribution is 6.31. The van der Waals surface area contributed by atoms with Crippen molar-refractivity contribution in [3.8, 4) is 5.75 Å². The van der Waals surface area contributed by atoms with Crippen LogP contribution in [0.1, 0.15) is 33.2 Å². The number of carbonyl (C=O) groups is 2. The Morgan fingerprint density at radius 2 is 1.81 bits per heavy atom. The van der Waals surface area contributed by atoms with E-state index >= 15 is 0 Å². The number of nitrogen functional groups attached to an aromatic ring is 1. The number of carboxylic acids is 1. The fraction of sp³-hybridized carbons (Fsp3) is 0.160. The molecule has 0 bridgehead atoms. The van der Waals surface area contributed by atoms with E-state index in [1.165, 1.54) is 19.2 Å². The number of carboxylic acid groups (broad SMARTS) is 1. The van der Waals surface area contributed by atoms with Crippen molar-refractivity contribution in [2.45, 2.75) is 18.8 Å². The van der Waals surface area contributed by atoms with Crippen molar-refractivity contribution in [1.29, 1.82) is 5.41 Å². The van der Waals surface area contributed by atoms with Crippen molar-refractivity contribution >= 4 is 40.7 Å². The molecule has 0 saturated carbocycles. The van der Waals surface area contributed by atoms with Gasteiger partial charge in [-0.25, -0.2) is 4.79 Å². The fourth-order valence-corrected chi connectivity index (χ4v) is 3.70. The van der Waals surface area contributed by atoms with Crippen molar-refractivity contribution in [1.82, 2.24) is 0 Å². The summed E-state index contributed by atoms with van der Waals surface area (Å²) >= 11 is 6.13. The Morgan fingerprint density at radius 3 is 2.42 bits per heavy atom. The van der Waals surface area contributed by atoms with Crippen LogP contribution in [0.4, 0.5) is 11.4 Å². The average molecular weight is 513 g/mol. The molecule has 0 fully saturated rings. The number of amidine groups is 1. The lowest BCUT2D eigenvalue weighted by Crippen LogP contribution is -2.28. The topological polar surface area (TPSA) is 178 Å². The zero-order chi connectivity index (χ0) is 26.4. The van der Waals surface area contributed by atoms with Gasteiger partial charge in [0.15, 0.2) is 6.10 Å². The molecule has 2 atom stereocenters. The Hall–Kier alpha value is -4.12. The number of hydrogen-bond donors (Lipinski definition) is 7. The van der Waals surface area contributed by atoms with Gasteiger partial charge in [-0.1, -0.05) is 23.7 Å². The first-order valence-corrected chi connectivity index (χ1v) is 11.0. The van der Waals surface area contributed by atoms with Crippen LogP contribution in [-0.4, -0.2) is 46.2 Å². The van der Waals surface area contributed by atoms with Gasteiger partial charge in [-0.3, -0.25) is 10.2 Å². The number of halogens is 1. The Balaban J connectivity index is 1.87. The second-order valence-corrected chi connectivity index (χ2v) is 8.19. The van der Waals surface area contributed by atoms with E-state index in [0.717, 1.165) is 0 Å². The highest BCUT2D eigenvalue weighted by Crippen LogP contribution is 2.32. The van der Waals surface area contributed by atoms with Gasteiger partial charge in [-0.05, 0) is 54.1 Å². The number of nitrogens with two attached hydrogens (primary N) is 1. The monoisotopic (exact) mass is 512 g/mol. The lowest BCUT2D eigenvalue weighted by molar-refractivity contribution is -0.153. The van der Waals surface area contributed by atoms with Crippen molar-refractivity contribution in [3.63, 3.8) is 0 Å². The number of hydrogen-bond acceptors (Lipinski definition) is 7. The van der Waals surface area contributed by atoms with Gasteiger partial charge in [0.25, 0.3) is 5.91 Å². The smallest absolute Gasteiger partial charge is 0.335 e. The number of ether oxygens (including phenoxy) is 1. The average Bonchev–Trinajstić information content (AvgIpc) is 2.86. The molecule has 0 aliphatic heterocycles. The summed E-state index contributed by atoms with van der Waals surface area (Å²) in [6.45, 7) is 0.0607. The Morgan fingerprint density at radius 1 is 1.11 bits per heavy atom. The largest absolute Gasteiger partial charge is 0.496 e. The Kier molecular flexibility index (Phi) is 8.49. The van der Waals surface area contributed by atoms with Crippen LogP contribution >= 0.6 is 11.6 Å². The summed E-state index contributed by atoms with van der Waals surface area (Å²) in [5, 5.41) is 43.2. The summed E-state index contributed by atoms with van der Waals surface area (Å²) in [7, 11) is 1.36. The number of carbonyl (C=O) groups excluding carboxylic acids is 1. The van der Waals surface area contributed by atoms with Crippen molar-refractivity contribution in [3.05, 3.63) is 87.9 Å². The van der Waals surface area contributed by atoms with Gasteiger partial charge in [-0.15, -0.1) is 0 Å². The zero-order valence-corrected chi connectivity index (χ0v) is 19.9. The third-order valence-electron chi connectivity index (χ3n) is 5.37. The molecule has 0 radical (unpaired) electrons. The first-order chi connectivity index (χ1) is 17.1. The van der Waals surface area contributed by atoms with Crippen molar-refractivity contribution in [2.75, 3.05) is 17.7 Å². The summed E-state index contributed by atoms with van der Waals surface area (Å²) in [6.07, 6.45) is -3.81. The van der Waals surface area contributed by atoms with E-state index in [4.69, 9.17) is 32.6 Å². The number of amides is 1. The Bertz CT molecular complexity index is 1280. The molecule has 10 nitrogen and oxygen atoms in total. The van der Waals surface area contributed by atoms with E-state index in [-0.39, 0.29) is 29.3 Å². The van der Waals surface area contributed by atoms with E-state index in [1.54, 1.807) is 48.5 Å². The minimum atomic E-state index is -2.06. The fourth-order valence-electron chi connectivity index (χ4n) is 3.53. The minimum absolute atomic E-state index is 0.0607. The zero-order valence-electron chi connectivity index (χ0n) is 19.2. The van der Waals surface area contributed by atoms with Gasteiger partial charge in [0.1, 0.15) is 17.7 Å². The van der Waals surface area contributed by atoms with Gasteiger partial charge >= 0.3 is 5.97 Å². The first-order valence-electron chi connectivity index (χ1n) is 10.7. The van der Waals surface area contributed by atoms with Crippen LogP contribution in [0, 0.1) is 5.41 Å². The number of nitrogens with one attached hydrogen (secondary N) is 3. The normalized spacial score (nSPS) is 12.3. The summed E-state index contributed by atoms with van der Waals surface area (Å²) in [6, 6.07) is 16.0. The molecule has 188 valence electrons. The van der Waals surface area contributed by atoms with E-state index < -0.39 is 24.1 Å². The quantitative estimate of drug-likeness (QED) is 0.160. The maximum absolute atomic E-state index is 13.0. The van der Waals surface area contributed by atoms with Crippen LogP contribution in [0.25, 0.3) is 0 Å². The lowest BCUT2D eigenvalue weighted by Gasteiger charge is -2.22. The van der Waals surface area contributed by atoms with E-state index in [1.807, 2.05) is 0 Å². The molecule has 0 aliphatic rings. The third kappa shape index (κ3) is 6.11. The number of aliphatic carboxylic acids is 1. The van der Waals surface area contributed by atoms with Crippen LogP contribution in [0.2, 0.25) is 5.02 Å². The predicted octanol–water partition coefficient (Wildman–Crippen LogP) is 2.98. The van der Waals surface area contributed by atoms with Crippen LogP contribution in [0.5, 0.6) is 5.75 Å². The second-order valence-electron chi connectivity index (χ2n) is 7.75. The van der Waals surface area contributed by atoms with E-state index in [9.17, 15) is 19.8 Å². The predicted molar refractivity (Wildman–Crippen MR) is 136 cm³/mol. The van der Waals surface area contributed by atoms with Crippen LogP contribution in [-0.2, 0) is 11.3 Å². The van der Waals surface area contributed by atoms with Gasteiger partial charge in [-0.2, -0.15) is 0 Å². The van der Waals surface area contributed by atoms with Gasteiger partial charge < -0.3 is 36.4 Å². The molecule has 0 saturated heterocycles. The van der Waals surface area contributed by atoms with Crippen LogP contribution < -0.4 is 21.1 Å². The maximum Gasteiger partial charge on any atom is 0.335 e. The second kappa shape index (κ2) is 11.5. The van der Waals surface area contributed by atoms with Gasteiger partial charge in [0.2, 0.25) is 0 Å². The molecular formula is C25H25ClN4O6. The van der Waals surface area contributed by atoms with E-state index in [0.29, 0.717) is 27.5 Å². The van der Waals surface area contributed by atoms with E-state index in [2.05, 4.69) is 10.6 Å². The highest BCUT2D eigenvalue weighted by atomic mass is 35.5. The highest BCUT2D eigenvalue weighted by Gasteiger charge is 2.29. The molecule has 3 aromatic rings. The molecule has 36 heavy (non-hydrogen) atoms. The molecule has 1 amide bonds. The van der Waals surface area contributed by atoms with Crippen molar-refractivity contribution < 1.29 is 29.6 Å². The summed E-state index contributed by atoms with van der Waals surface area (Å²) in [5.74, 6) is -1.93. The molecule has 0 spiro atoms. The standard InChI is InChI=1S/C25H25ClN4O6/c1-36-19-4-2-3-14(20(19)21(31)22(32)25(34)35)12-29-18-10-7-15(26)11-17(18)24(33)30-16-8-5-13(6-9-16)23(27)28/h2-11,21-22,29,31-32H,12H2,1H3,(H3,27,28)(H,30,33)(H,34,35). The number of anilines is 2. The molecule has 11 heteroatoms. The lowest BCUT2D eigenvalue weighted by atomic mass is 9.97. The molecular weight excluding hydrogens is 488 g/mol. The Labute approximate surface area is 211 Å². The minimum Gasteiger partial charge on any atom is -0.496 e. The summed E-state index contributed by atoms with van der Waals surface area (Å²) < 4.78 is 5.26. The molecule has 3 aromatic carbocycles. The molecule has 3 rings (SSSR count). The number of rotatable bonds is 10. The summed E-state index contributed by atoms with van der Waals surface area (Å²) in [4.78, 5) is 24.2. The molecule has 0 aromatic heterocycles. The molecule has 0 aliphatic carbocycles. The van der Waals surface area contributed by atoms with Crippen LogP contribution in [0.3, 0.4) is 0 Å². The van der Waals surface area contributed by atoms with Crippen LogP contribution in [0.15, 0.2) is 60.7 Å². The third-order valence-corrected chi connectivity index (χ3v) is 5.61. The van der Waals surface area contributed by atoms with Gasteiger partial charge in [0.05, 0.1) is 12.7 Å². The summed E-state index contributed by atoms with van der Waals surface area (Å²) in [5.41, 5.74) is 7.66. The maximum atomic E-state index is 13.0. The molecule has 2 unspecified atom stereocenters. The molecule has 8 N–H and O–H groups in total. The SMILES string of the molecule is COc1cccc(CNc2ccc(Cl)cc2C(=O)Nc2ccc(C(=N)N)cc2)c1C(O)C(O)C(=O)O. The molecule has 0 heterocycles.